The predicted octanol–water partition coefficient (Wildman–Crippen LogP) is 2.28. The second-order valence-electron chi connectivity index (χ2n) is 3.21. The average molecular weight is 243 g/mol. The molecule has 3 nitrogen and oxygen atoms in total. The number of rotatable bonds is 5. The van der Waals surface area contributed by atoms with E-state index in [9.17, 15) is 4.39 Å². The van der Waals surface area contributed by atoms with Crippen molar-refractivity contribution in [3.8, 4) is 6.07 Å². The van der Waals surface area contributed by atoms with Crippen molar-refractivity contribution in [2.24, 2.45) is 0 Å². The van der Waals surface area contributed by atoms with Crippen molar-refractivity contribution in [2.75, 3.05) is 20.3 Å². The minimum Gasteiger partial charge on any atom is -0.383 e. The van der Waals surface area contributed by atoms with Crippen LogP contribution in [0.25, 0.3) is 0 Å². The van der Waals surface area contributed by atoms with Gasteiger partial charge in [0.15, 0.2) is 0 Å². The van der Waals surface area contributed by atoms with Gasteiger partial charge in [-0.05, 0) is 23.8 Å². The van der Waals surface area contributed by atoms with Crippen molar-refractivity contribution in [2.45, 2.75) is 6.04 Å². The third kappa shape index (κ3) is 3.78. The maximum absolute atomic E-state index is 13.1. The van der Waals surface area contributed by atoms with Crippen LogP contribution in [0.15, 0.2) is 18.2 Å². The van der Waals surface area contributed by atoms with Gasteiger partial charge in [0, 0.05) is 18.7 Å². The van der Waals surface area contributed by atoms with E-state index in [-0.39, 0.29) is 5.02 Å². The molecule has 1 N–H and O–H groups in total. The van der Waals surface area contributed by atoms with Crippen molar-refractivity contribution in [1.82, 2.24) is 5.32 Å². The van der Waals surface area contributed by atoms with E-state index in [1.807, 2.05) is 6.07 Å². The molecule has 1 aromatic carbocycles. The van der Waals surface area contributed by atoms with Crippen molar-refractivity contribution < 1.29 is 9.13 Å². The van der Waals surface area contributed by atoms with Gasteiger partial charge >= 0.3 is 0 Å². The number of halogens is 2. The van der Waals surface area contributed by atoms with Crippen LogP contribution in [-0.4, -0.2) is 20.3 Å². The number of ether oxygens (including phenoxy) is 1. The first-order chi connectivity index (χ1) is 7.67. The summed E-state index contributed by atoms with van der Waals surface area (Å²) >= 11 is 5.71. The summed E-state index contributed by atoms with van der Waals surface area (Å²) in [5, 5.41) is 12.2. The maximum atomic E-state index is 13.1. The monoisotopic (exact) mass is 242 g/mol. The molecule has 0 fully saturated rings. The predicted molar refractivity (Wildman–Crippen MR) is 59.6 cm³/mol. The van der Waals surface area contributed by atoms with Crippen LogP contribution < -0.4 is 5.32 Å². The van der Waals surface area contributed by atoms with Crippen molar-refractivity contribution >= 4 is 11.6 Å². The van der Waals surface area contributed by atoms with E-state index >= 15 is 0 Å². The van der Waals surface area contributed by atoms with Crippen LogP contribution >= 0.6 is 11.6 Å². The van der Waals surface area contributed by atoms with Gasteiger partial charge in [0.05, 0.1) is 12.7 Å². The molecule has 0 aliphatic carbocycles. The second-order valence-corrected chi connectivity index (χ2v) is 3.65. The van der Waals surface area contributed by atoms with Crippen LogP contribution in [0.3, 0.4) is 0 Å². The van der Waals surface area contributed by atoms with Gasteiger partial charge in [-0.1, -0.05) is 11.6 Å². The Hall–Kier alpha value is -1.15. The van der Waals surface area contributed by atoms with E-state index < -0.39 is 11.9 Å². The molecule has 0 saturated heterocycles. The van der Waals surface area contributed by atoms with Gasteiger partial charge in [-0.2, -0.15) is 5.26 Å². The molecule has 16 heavy (non-hydrogen) atoms. The highest BCUT2D eigenvalue weighted by Gasteiger charge is 2.11. The van der Waals surface area contributed by atoms with Crippen molar-refractivity contribution in [1.29, 1.82) is 5.26 Å². The number of nitrogens with one attached hydrogen (secondary N) is 1. The summed E-state index contributed by atoms with van der Waals surface area (Å²) in [5.74, 6) is -0.448. The Morgan fingerprint density at radius 2 is 2.31 bits per heavy atom. The third-order valence-electron chi connectivity index (χ3n) is 2.00. The van der Waals surface area contributed by atoms with Gasteiger partial charge in [-0.3, -0.25) is 5.32 Å². The molecule has 0 heterocycles. The molecule has 0 saturated carbocycles. The zero-order valence-electron chi connectivity index (χ0n) is 8.84. The van der Waals surface area contributed by atoms with Crippen LogP contribution in [0.4, 0.5) is 4.39 Å². The third-order valence-corrected chi connectivity index (χ3v) is 2.22. The van der Waals surface area contributed by atoms with Gasteiger partial charge in [0.25, 0.3) is 0 Å². The van der Waals surface area contributed by atoms with Gasteiger partial charge in [-0.15, -0.1) is 0 Å². The highest BCUT2D eigenvalue weighted by Crippen LogP contribution is 2.19. The van der Waals surface area contributed by atoms with E-state index in [4.69, 9.17) is 21.6 Å². The lowest BCUT2D eigenvalue weighted by Gasteiger charge is -2.11. The molecule has 5 heteroatoms. The van der Waals surface area contributed by atoms with Crippen LogP contribution in [0.2, 0.25) is 5.02 Å². The molecular formula is C11H12ClFN2O. The molecule has 1 rings (SSSR count). The SMILES string of the molecule is COCCNC(C#N)c1cc(F)cc(Cl)c1. The Morgan fingerprint density at radius 1 is 1.56 bits per heavy atom. The first kappa shape index (κ1) is 12.9. The summed E-state index contributed by atoms with van der Waals surface area (Å²) in [6.45, 7) is 1.00. The van der Waals surface area contributed by atoms with Crippen molar-refractivity contribution in [3.63, 3.8) is 0 Å². The summed E-state index contributed by atoms with van der Waals surface area (Å²) in [6, 6.07) is 5.52. The minimum absolute atomic E-state index is 0.281. The summed E-state index contributed by atoms with van der Waals surface area (Å²) in [6.07, 6.45) is 0. The molecule has 0 aliphatic rings. The summed E-state index contributed by atoms with van der Waals surface area (Å²) in [4.78, 5) is 0. The molecular weight excluding hydrogens is 231 g/mol. The summed E-state index contributed by atoms with van der Waals surface area (Å²) < 4.78 is 17.9. The summed E-state index contributed by atoms with van der Waals surface area (Å²) in [7, 11) is 1.57. The van der Waals surface area contributed by atoms with E-state index in [2.05, 4.69) is 5.32 Å². The van der Waals surface area contributed by atoms with Crippen LogP contribution in [0.5, 0.6) is 0 Å². The lowest BCUT2D eigenvalue weighted by molar-refractivity contribution is 0.198. The number of benzene rings is 1. The fourth-order valence-electron chi connectivity index (χ4n) is 1.29. The molecule has 1 atom stereocenters. The fourth-order valence-corrected chi connectivity index (χ4v) is 1.52. The molecule has 0 radical (unpaired) electrons. The van der Waals surface area contributed by atoms with Crippen molar-refractivity contribution in [3.05, 3.63) is 34.6 Å². The lowest BCUT2D eigenvalue weighted by Crippen LogP contribution is -2.24. The zero-order valence-corrected chi connectivity index (χ0v) is 9.59. The zero-order chi connectivity index (χ0) is 12.0. The molecule has 0 spiro atoms. The van der Waals surface area contributed by atoms with Crippen LogP contribution in [0.1, 0.15) is 11.6 Å². The Balaban J connectivity index is 2.75. The van der Waals surface area contributed by atoms with Gasteiger partial charge < -0.3 is 4.74 Å². The number of nitriles is 1. The quantitative estimate of drug-likeness (QED) is 0.806. The first-order valence-electron chi connectivity index (χ1n) is 4.75. The molecule has 0 aliphatic heterocycles. The normalized spacial score (nSPS) is 12.1. The minimum atomic E-state index is -0.580. The Morgan fingerprint density at radius 3 is 2.88 bits per heavy atom. The fraction of sp³-hybridized carbons (Fsp3) is 0.364. The van der Waals surface area contributed by atoms with Gasteiger partial charge in [-0.25, -0.2) is 4.39 Å². The van der Waals surface area contributed by atoms with Gasteiger partial charge in [0.2, 0.25) is 0 Å². The largest absolute Gasteiger partial charge is 0.383 e. The summed E-state index contributed by atoms with van der Waals surface area (Å²) in [5.41, 5.74) is 0.517. The highest BCUT2D eigenvalue weighted by molar-refractivity contribution is 6.30. The first-order valence-corrected chi connectivity index (χ1v) is 5.13. The number of nitrogens with zero attached hydrogens (tertiary/aromatic N) is 1. The molecule has 1 unspecified atom stereocenters. The van der Waals surface area contributed by atoms with E-state index in [1.54, 1.807) is 13.2 Å². The highest BCUT2D eigenvalue weighted by atomic mass is 35.5. The topological polar surface area (TPSA) is 45.0 Å². The number of hydrogen-bond acceptors (Lipinski definition) is 3. The Bertz CT molecular complexity index is 372. The molecule has 0 aromatic heterocycles. The molecule has 1 aromatic rings. The van der Waals surface area contributed by atoms with E-state index in [0.29, 0.717) is 18.7 Å². The molecule has 86 valence electrons. The van der Waals surface area contributed by atoms with E-state index in [0.717, 1.165) is 0 Å². The molecule has 0 bridgehead atoms. The smallest absolute Gasteiger partial charge is 0.125 e. The lowest BCUT2D eigenvalue weighted by atomic mass is 10.1. The number of hydrogen-bond donors (Lipinski definition) is 1. The van der Waals surface area contributed by atoms with Crippen LogP contribution in [-0.2, 0) is 4.74 Å². The Labute approximate surface area is 98.8 Å². The van der Waals surface area contributed by atoms with Crippen LogP contribution in [0, 0.1) is 17.1 Å². The number of methoxy groups -OCH3 is 1. The molecule has 0 amide bonds. The second kappa shape index (κ2) is 6.44. The van der Waals surface area contributed by atoms with E-state index in [1.165, 1.54) is 12.1 Å². The Kier molecular flexibility index (Phi) is 5.20. The van der Waals surface area contributed by atoms with Gasteiger partial charge in [0.1, 0.15) is 11.9 Å². The maximum Gasteiger partial charge on any atom is 0.125 e. The average Bonchev–Trinajstić information content (AvgIpc) is 2.23. The standard InChI is InChI=1S/C11H12ClFN2O/c1-16-3-2-15-11(7-14)8-4-9(12)6-10(13)5-8/h4-6,11,15H,2-3H2,1H3.